The van der Waals surface area contributed by atoms with E-state index < -0.39 is 15.6 Å². The van der Waals surface area contributed by atoms with E-state index in [1.54, 1.807) is 29.8 Å². The Labute approximate surface area is 233 Å². The van der Waals surface area contributed by atoms with Crippen LogP contribution in [0.4, 0.5) is 4.79 Å². The third kappa shape index (κ3) is 7.19. The van der Waals surface area contributed by atoms with Crippen LogP contribution < -0.4 is 10.0 Å². The van der Waals surface area contributed by atoms with Crippen molar-refractivity contribution >= 4 is 38.8 Å². The Bertz CT molecular complexity index is 1380. The summed E-state index contributed by atoms with van der Waals surface area (Å²) in [5.74, 6) is 0.278. The summed E-state index contributed by atoms with van der Waals surface area (Å²) in [6, 6.07) is 5.66. The van der Waals surface area contributed by atoms with Crippen LogP contribution in [0.3, 0.4) is 0 Å². The van der Waals surface area contributed by atoms with Gasteiger partial charge in [-0.15, -0.1) is 22.7 Å². The number of ether oxygens (including phenoxy) is 1. The first-order chi connectivity index (χ1) is 17.8. The zero-order chi connectivity index (χ0) is 27.7. The highest BCUT2D eigenvalue weighted by Crippen LogP contribution is 2.40. The smallest absolute Gasteiger partial charge is 0.407 e. The van der Waals surface area contributed by atoms with Gasteiger partial charge < -0.3 is 10.1 Å². The van der Waals surface area contributed by atoms with E-state index in [-0.39, 0.29) is 29.1 Å². The highest BCUT2D eigenvalue weighted by Gasteiger charge is 2.29. The normalized spacial score (nSPS) is 18.5. The Balaban J connectivity index is 1.58. The van der Waals surface area contributed by atoms with Gasteiger partial charge in [0.05, 0.1) is 30.8 Å². The van der Waals surface area contributed by atoms with Crippen LogP contribution in [0.2, 0.25) is 0 Å². The zero-order valence-corrected chi connectivity index (χ0v) is 25.1. The second-order valence-electron chi connectivity index (χ2n) is 11.0. The van der Waals surface area contributed by atoms with Crippen LogP contribution in [-0.4, -0.2) is 42.2 Å². The average molecular weight is 577 g/mol. The molecule has 1 aliphatic carbocycles. The van der Waals surface area contributed by atoms with E-state index in [0.717, 1.165) is 51.0 Å². The quantitative estimate of drug-likeness (QED) is 0.333. The number of carbonyl (C=O) groups is 1. The Hall–Kier alpha value is -2.34. The van der Waals surface area contributed by atoms with Crippen molar-refractivity contribution in [3.63, 3.8) is 0 Å². The minimum Gasteiger partial charge on any atom is -0.447 e. The number of aromatic nitrogens is 2. The van der Waals surface area contributed by atoms with Gasteiger partial charge in [0.25, 0.3) is 0 Å². The molecule has 1 aromatic carbocycles. The highest BCUT2D eigenvalue weighted by molar-refractivity contribution is 7.89. The SMILES string of the molecule is Cc1ncc(-c2ccc(-c3cnc([C@H]4CC[C@H](NC(=O)OC(C)C)CC4)s3)c(S(=O)(=O)NC(C)(C)C)c2)s1. The third-order valence-electron chi connectivity index (χ3n) is 6.15. The number of nitrogens with zero attached hydrogens (tertiary/aromatic N) is 2. The number of hydrogen-bond donors (Lipinski definition) is 2. The Morgan fingerprint density at radius 3 is 2.34 bits per heavy atom. The molecule has 8 nitrogen and oxygen atoms in total. The molecule has 206 valence electrons. The number of aryl methyl sites for hydroxylation is 1. The van der Waals surface area contributed by atoms with Crippen LogP contribution in [0.15, 0.2) is 35.5 Å². The van der Waals surface area contributed by atoms with E-state index in [2.05, 4.69) is 15.0 Å². The lowest BCUT2D eigenvalue weighted by molar-refractivity contribution is 0.109. The molecule has 0 radical (unpaired) electrons. The second kappa shape index (κ2) is 11.4. The van der Waals surface area contributed by atoms with Crippen molar-refractivity contribution < 1.29 is 17.9 Å². The maximum absolute atomic E-state index is 13.5. The van der Waals surface area contributed by atoms with Crippen molar-refractivity contribution in [2.75, 3.05) is 0 Å². The molecule has 11 heteroatoms. The summed E-state index contributed by atoms with van der Waals surface area (Å²) < 4.78 is 35.1. The largest absolute Gasteiger partial charge is 0.447 e. The summed E-state index contributed by atoms with van der Waals surface area (Å²) in [6.07, 6.45) is 6.56. The maximum Gasteiger partial charge on any atom is 0.407 e. The van der Waals surface area contributed by atoms with Crippen LogP contribution in [0, 0.1) is 6.92 Å². The first kappa shape index (κ1) is 28.7. The fraction of sp³-hybridized carbons (Fsp3) is 0.519. The number of rotatable bonds is 7. The van der Waals surface area contributed by atoms with Crippen LogP contribution >= 0.6 is 22.7 Å². The number of nitrogens with one attached hydrogen (secondary N) is 2. The molecule has 1 saturated carbocycles. The van der Waals surface area contributed by atoms with Gasteiger partial charge in [0.2, 0.25) is 10.0 Å². The number of hydrogen-bond acceptors (Lipinski definition) is 8. The summed E-state index contributed by atoms with van der Waals surface area (Å²) in [5, 5.41) is 4.88. The standard InChI is InChI=1S/C27H36N4O4S3/c1-16(2)35-26(32)30-20-10-7-18(8-11-20)25-29-15-23(37-25)21-12-9-19(22-14-28-17(3)36-22)13-24(21)38(33,34)31-27(4,5)6/h9,12-16,18,20,31H,7-8,10-11H2,1-6H3,(H,30,32)/t18-,20-. The van der Waals surface area contributed by atoms with Gasteiger partial charge in [-0.1, -0.05) is 12.1 Å². The predicted octanol–water partition coefficient (Wildman–Crippen LogP) is 6.48. The molecular formula is C27H36N4O4S3. The monoisotopic (exact) mass is 576 g/mol. The molecule has 0 spiro atoms. The fourth-order valence-electron chi connectivity index (χ4n) is 4.55. The Kier molecular flexibility index (Phi) is 8.61. The predicted molar refractivity (Wildman–Crippen MR) is 153 cm³/mol. The second-order valence-corrected chi connectivity index (χ2v) is 15.0. The van der Waals surface area contributed by atoms with Crippen LogP contribution in [0.25, 0.3) is 20.9 Å². The van der Waals surface area contributed by atoms with Crippen molar-refractivity contribution in [3.05, 3.63) is 40.6 Å². The van der Waals surface area contributed by atoms with E-state index in [0.29, 0.717) is 5.56 Å². The number of sulfonamides is 1. The van der Waals surface area contributed by atoms with Crippen LogP contribution in [0.1, 0.15) is 76.2 Å². The van der Waals surface area contributed by atoms with E-state index in [1.165, 1.54) is 11.3 Å². The van der Waals surface area contributed by atoms with E-state index >= 15 is 0 Å². The maximum atomic E-state index is 13.5. The molecule has 0 bridgehead atoms. The molecule has 0 aliphatic heterocycles. The van der Waals surface area contributed by atoms with Gasteiger partial charge in [0, 0.05) is 35.5 Å². The summed E-state index contributed by atoms with van der Waals surface area (Å²) >= 11 is 3.08. The zero-order valence-electron chi connectivity index (χ0n) is 22.7. The molecule has 2 aromatic heterocycles. The molecule has 1 fully saturated rings. The topological polar surface area (TPSA) is 110 Å². The molecule has 2 N–H and O–H groups in total. The van der Waals surface area contributed by atoms with Gasteiger partial charge in [0.1, 0.15) is 0 Å². The number of benzene rings is 1. The molecule has 4 rings (SSSR count). The highest BCUT2D eigenvalue weighted by atomic mass is 32.2. The van der Waals surface area contributed by atoms with Crippen molar-refractivity contribution in [3.8, 4) is 20.9 Å². The Morgan fingerprint density at radius 2 is 1.74 bits per heavy atom. The van der Waals surface area contributed by atoms with Crippen molar-refractivity contribution in [1.29, 1.82) is 0 Å². The van der Waals surface area contributed by atoms with Gasteiger partial charge in [-0.3, -0.25) is 0 Å². The average Bonchev–Trinajstić information content (AvgIpc) is 3.47. The molecule has 1 aliphatic rings. The minimum atomic E-state index is -3.80. The summed E-state index contributed by atoms with van der Waals surface area (Å²) in [5.41, 5.74) is 0.836. The van der Waals surface area contributed by atoms with E-state index in [1.807, 2.05) is 53.7 Å². The number of thiazole rings is 2. The Morgan fingerprint density at radius 1 is 1.05 bits per heavy atom. The number of carbonyl (C=O) groups excluding carboxylic acids is 1. The van der Waals surface area contributed by atoms with Gasteiger partial charge in [-0.05, 0) is 78.9 Å². The molecule has 2 heterocycles. The van der Waals surface area contributed by atoms with Gasteiger partial charge in [0.15, 0.2) is 0 Å². The molecule has 1 amide bonds. The molecular weight excluding hydrogens is 541 g/mol. The summed E-state index contributed by atoms with van der Waals surface area (Å²) in [6.45, 7) is 11.1. The molecule has 0 saturated heterocycles. The van der Waals surface area contributed by atoms with Crippen LogP contribution in [-0.2, 0) is 14.8 Å². The van der Waals surface area contributed by atoms with Crippen molar-refractivity contribution in [2.45, 2.75) is 95.7 Å². The van der Waals surface area contributed by atoms with Gasteiger partial charge >= 0.3 is 6.09 Å². The third-order valence-corrected chi connectivity index (χ3v) is 10.1. The lowest BCUT2D eigenvalue weighted by Gasteiger charge is -2.28. The fourth-order valence-corrected chi connectivity index (χ4v) is 8.19. The summed E-state index contributed by atoms with van der Waals surface area (Å²) in [4.78, 5) is 23.0. The number of alkyl carbamates (subject to hydrolysis) is 1. The van der Waals surface area contributed by atoms with Gasteiger partial charge in [-0.25, -0.2) is 27.9 Å². The minimum absolute atomic E-state index is 0.0973. The lowest BCUT2D eigenvalue weighted by Crippen LogP contribution is -2.40. The van der Waals surface area contributed by atoms with E-state index in [9.17, 15) is 13.2 Å². The number of amides is 1. The van der Waals surface area contributed by atoms with Crippen molar-refractivity contribution in [2.24, 2.45) is 0 Å². The van der Waals surface area contributed by atoms with Gasteiger partial charge in [-0.2, -0.15) is 0 Å². The lowest BCUT2D eigenvalue weighted by atomic mass is 9.86. The summed E-state index contributed by atoms with van der Waals surface area (Å²) in [7, 11) is -3.80. The molecule has 0 atom stereocenters. The molecule has 38 heavy (non-hydrogen) atoms. The first-order valence-corrected chi connectivity index (χ1v) is 16.0. The first-order valence-electron chi connectivity index (χ1n) is 12.8. The van der Waals surface area contributed by atoms with E-state index in [4.69, 9.17) is 9.72 Å². The van der Waals surface area contributed by atoms with Crippen LogP contribution in [0.5, 0.6) is 0 Å². The molecule has 0 unspecified atom stereocenters. The molecule has 3 aromatic rings. The van der Waals surface area contributed by atoms with Crippen molar-refractivity contribution in [1.82, 2.24) is 20.0 Å².